The molecule has 1 saturated heterocycles. The minimum Gasteiger partial charge on any atom is -0.456 e. The number of ether oxygens (including phenoxy) is 1. The molecule has 1 aliphatic rings. The van der Waals surface area contributed by atoms with Crippen molar-refractivity contribution >= 4 is 28.2 Å². The number of nitrogens with zero attached hydrogens (tertiary/aromatic N) is 2. The zero-order chi connectivity index (χ0) is 27.8. The van der Waals surface area contributed by atoms with Crippen LogP contribution in [-0.4, -0.2) is 29.2 Å². The highest BCUT2D eigenvalue weighted by molar-refractivity contribution is 5.96. The molecule has 1 aliphatic heterocycles. The van der Waals surface area contributed by atoms with Gasteiger partial charge in [-0.3, -0.25) is 9.36 Å². The molecule has 2 aromatic carbocycles. The number of rotatable bonds is 6. The first-order valence-electron chi connectivity index (χ1n) is 13.8. The monoisotopic (exact) mass is 517 g/mol. The van der Waals surface area contributed by atoms with Crippen molar-refractivity contribution in [2.75, 3.05) is 23.3 Å². The van der Waals surface area contributed by atoms with Crippen LogP contribution in [0, 0.1) is 12.3 Å². The highest BCUT2D eigenvalue weighted by atomic mass is 16.6. The maximum Gasteiger partial charge on any atom is 0.340 e. The standard InChI is InChI=1S/C32H43N3O3/c1-9-35-28(34-16-14-32(7,8)15-17-34)20-25-24(18-21(2)19-26(25)29(35)36)22(3)33-27-13-11-10-12-23(27)30(37)38-31(4,5)6/h10-13,18-20,22,33H,9,14-17H2,1-8H3. The second-order valence-electron chi connectivity index (χ2n) is 12.4. The normalized spacial score (nSPS) is 16.4. The molecule has 2 heterocycles. The van der Waals surface area contributed by atoms with Gasteiger partial charge in [0.25, 0.3) is 5.56 Å². The maximum atomic E-state index is 13.8. The Morgan fingerprint density at radius 1 is 1.08 bits per heavy atom. The second kappa shape index (κ2) is 10.5. The van der Waals surface area contributed by atoms with E-state index in [2.05, 4.69) is 43.1 Å². The second-order valence-corrected chi connectivity index (χ2v) is 12.4. The molecule has 1 N–H and O–H groups in total. The van der Waals surface area contributed by atoms with Crippen LogP contribution in [0.5, 0.6) is 0 Å². The van der Waals surface area contributed by atoms with Gasteiger partial charge >= 0.3 is 5.97 Å². The van der Waals surface area contributed by atoms with E-state index < -0.39 is 5.60 Å². The van der Waals surface area contributed by atoms with Gasteiger partial charge in [-0.25, -0.2) is 4.79 Å². The first-order chi connectivity index (χ1) is 17.8. The lowest BCUT2D eigenvalue weighted by molar-refractivity contribution is 0.00706. The van der Waals surface area contributed by atoms with Crippen molar-refractivity contribution in [1.82, 2.24) is 4.57 Å². The SMILES string of the molecule is CCn1c(N2CCC(C)(C)CC2)cc2c(C(C)Nc3ccccc3C(=O)OC(C)(C)C)cc(C)cc2c1=O. The van der Waals surface area contributed by atoms with E-state index >= 15 is 0 Å². The fourth-order valence-electron chi connectivity index (χ4n) is 5.32. The van der Waals surface area contributed by atoms with Crippen molar-refractivity contribution in [3.05, 3.63) is 69.5 Å². The van der Waals surface area contributed by atoms with Gasteiger partial charge < -0.3 is 15.0 Å². The third kappa shape index (κ3) is 5.90. The molecule has 3 aromatic rings. The van der Waals surface area contributed by atoms with E-state index in [-0.39, 0.29) is 17.6 Å². The number of anilines is 2. The zero-order valence-corrected chi connectivity index (χ0v) is 24.3. The Hall–Kier alpha value is -3.28. The molecule has 0 spiro atoms. The van der Waals surface area contributed by atoms with Gasteiger partial charge in [-0.1, -0.05) is 32.0 Å². The lowest BCUT2D eigenvalue weighted by atomic mass is 9.82. The molecule has 1 fully saturated rings. The molecule has 204 valence electrons. The quantitative estimate of drug-likeness (QED) is 0.354. The number of fused-ring (bicyclic) bond motifs is 1. The highest BCUT2D eigenvalue weighted by Crippen LogP contribution is 2.35. The number of aryl methyl sites for hydroxylation is 1. The van der Waals surface area contributed by atoms with Crippen LogP contribution in [-0.2, 0) is 11.3 Å². The molecule has 1 atom stereocenters. The van der Waals surface area contributed by atoms with Crippen LogP contribution in [0.1, 0.15) is 88.8 Å². The molecule has 0 bridgehead atoms. The van der Waals surface area contributed by atoms with Gasteiger partial charge in [0.15, 0.2) is 0 Å². The van der Waals surface area contributed by atoms with Crippen molar-refractivity contribution in [1.29, 1.82) is 0 Å². The summed E-state index contributed by atoms with van der Waals surface area (Å²) < 4.78 is 7.57. The summed E-state index contributed by atoms with van der Waals surface area (Å²) in [6, 6.07) is 13.6. The average Bonchev–Trinajstić information content (AvgIpc) is 2.83. The Bertz CT molecular complexity index is 1390. The summed E-state index contributed by atoms with van der Waals surface area (Å²) in [4.78, 5) is 29.1. The van der Waals surface area contributed by atoms with E-state index in [0.29, 0.717) is 23.2 Å². The Labute approximate surface area is 227 Å². The summed E-state index contributed by atoms with van der Waals surface area (Å²) in [6.07, 6.45) is 2.20. The number of benzene rings is 2. The summed E-state index contributed by atoms with van der Waals surface area (Å²) in [7, 11) is 0. The van der Waals surface area contributed by atoms with Gasteiger partial charge in [0, 0.05) is 36.7 Å². The predicted octanol–water partition coefficient (Wildman–Crippen LogP) is 7.08. The van der Waals surface area contributed by atoms with Gasteiger partial charge in [0.05, 0.1) is 5.56 Å². The third-order valence-electron chi connectivity index (χ3n) is 7.52. The van der Waals surface area contributed by atoms with Gasteiger partial charge in [0.2, 0.25) is 0 Å². The van der Waals surface area contributed by atoms with Crippen LogP contribution in [0.4, 0.5) is 11.5 Å². The van der Waals surface area contributed by atoms with Gasteiger partial charge in [-0.2, -0.15) is 0 Å². The molecule has 1 aromatic heterocycles. The van der Waals surface area contributed by atoms with Crippen molar-refractivity contribution < 1.29 is 9.53 Å². The minimum atomic E-state index is -0.582. The van der Waals surface area contributed by atoms with E-state index in [1.165, 1.54) is 0 Å². The lowest BCUT2D eigenvalue weighted by Crippen LogP contribution is -2.40. The van der Waals surface area contributed by atoms with E-state index in [4.69, 9.17) is 4.74 Å². The van der Waals surface area contributed by atoms with Gasteiger partial charge in [0.1, 0.15) is 11.4 Å². The van der Waals surface area contributed by atoms with Crippen LogP contribution in [0.3, 0.4) is 0 Å². The average molecular weight is 518 g/mol. The van der Waals surface area contributed by atoms with Crippen molar-refractivity contribution in [3.8, 4) is 0 Å². The van der Waals surface area contributed by atoms with Gasteiger partial charge in [-0.15, -0.1) is 0 Å². The molecule has 6 heteroatoms. The third-order valence-corrected chi connectivity index (χ3v) is 7.52. The Balaban J connectivity index is 1.77. The number of nitrogens with one attached hydrogen (secondary N) is 1. The molecule has 0 amide bonds. The lowest BCUT2D eigenvalue weighted by Gasteiger charge is -2.39. The van der Waals surface area contributed by atoms with E-state index in [1.54, 1.807) is 6.07 Å². The van der Waals surface area contributed by atoms with Crippen molar-refractivity contribution in [2.24, 2.45) is 5.41 Å². The molecule has 0 saturated carbocycles. The van der Waals surface area contributed by atoms with Crippen LogP contribution < -0.4 is 15.8 Å². The molecule has 4 rings (SSSR count). The number of esters is 1. The summed E-state index contributed by atoms with van der Waals surface area (Å²) >= 11 is 0. The van der Waals surface area contributed by atoms with Crippen LogP contribution in [0.15, 0.2) is 47.3 Å². The summed E-state index contributed by atoms with van der Waals surface area (Å²) in [6.45, 7) is 18.9. The summed E-state index contributed by atoms with van der Waals surface area (Å²) in [5.41, 5.74) is 3.08. The van der Waals surface area contributed by atoms with Crippen molar-refractivity contribution in [3.63, 3.8) is 0 Å². The molecular weight excluding hydrogens is 474 g/mol. The van der Waals surface area contributed by atoms with Crippen molar-refractivity contribution in [2.45, 2.75) is 86.4 Å². The minimum absolute atomic E-state index is 0.0520. The Kier molecular flexibility index (Phi) is 7.64. The number of hydrogen-bond donors (Lipinski definition) is 1. The molecule has 38 heavy (non-hydrogen) atoms. The number of pyridine rings is 1. The fraction of sp³-hybridized carbons (Fsp3) is 0.500. The molecule has 6 nitrogen and oxygen atoms in total. The number of carbonyl (C=O) groups excluding carboxylic acids is 1. The molecule has 0 radical (unpaired) electrons. The topological polar surface area (TPSA) is 63.6 Å². The number of carbonyl (C=O) groups is 1. The smallest absolute Gasteiger partial charge is 0.340 e. The Morgan fingerprint density at radius 3 is 2.37 bits per heavy atom. The summed E-state index contributed by atoms with van der Waals surface area (Å²) in [5, 5.41) is 5.24. The number of para-hydroxylation sites is 1. The molecule has 0 aliphatic carbocycles. The molecule has 1 unspecified atom stereocenters. The first kappa shape index (κ1) is 27.7. The number of piperidine rings is 1. The van der Waals surface area contributed by atoms with E-state index in [1.807, 2.05) is 63.5 Å². The Morgan fingerprint density at radius 2 is 1.74 bits per heavy atom. The first-order valence-corrected chi connectivity index (χ1v) is 13.8. The van der Waals surface area contributed by atoms with Crippen LogP contribution >= 0.6 is 0 Å². The largest absolute Gasteiger partial charge is 0.456 e. The number of hydrogen-bond acceptors (Lipinski definition) is 5. The van der Waals surface area contributed by atoms with Crippen LogP contribution in [0.2, 0.25) is 0 Å². The fourth-order valence-corrected chi connectivity index (χ4v) is 5.32. The van der Waals surface area contributed by atoms with E-state index in [9.17, 15) is 9.59 Å². The predicted molar refractivity (Wildman–Crippen MR) is 157 cm³/mol. The van der Waals surface area contributed by atoms with Crippen LogP contribution in [0.25, 0.3) is 10.8 Å². The maximum absolute atomic E-state index is 13.8. The number of aromatic nitrogens is 1. The highest BCUT2D eigenvalue weighted by Gasteiger charge is 2.28. The zero-order valence-electron chi connectivity index (χ0n) is 24.3. The van der Waals surface area contributed by atoms with Gasteiger partial charge in [-0.05, 0) is 101 Å². The van der Waals surface area contributed by atoms with E-state index in [0.717, 1.165) is 53.6 Å². The molecular formula is C32H43N3O3. The summed E-state index contributed by atoms with van der Waals surface area (Å²) in [5.74, 6) is 0.634.